The molecule has 1 aliphatic heterocycles. The number of halogens is 2. The third-order valence-corrected chi connectivity index (χ3v) is 5.12. The van der Waals surface area contributed by atoms with Gasteiger partial charge in [0, 0.05) is 23.5 Å². The first kappa shape index (κ1) is 16.5. The Labute approximate surface area is 156 Å². The van der Waals surface area contributed by atoms with Crippen LogP contribution >= 0.6 is 0 Å². The molecule has 0 saturated carbocycles. The summed E-state index contributed by atoms with van der Waals surface area (Å²) in [5, 5.41) is 17.5. The lowest BCUT2D eigenvalue weighted by Gasteiger charge is -2.24. The second-order valence-corrected chi connectivity index (χ2v) is 6.70. The smallest absolute Gasteiger partial charge is 0.272 e. The second kappa shape index (κ2) is 6.22. The Morgan fingerprint density at radius 2 is 1.86 bits per heavy atom. The summed E-state index contributed by atoms with van der Waals surface area (Å²) in [4.78, 5) is 16.6. The maximum atomic E-state index is 14.1. The Balaban J connectivity index is 1.80. The van der Waals surface area contributed by atoms with Gasteiger partial charge in [0.2, 0.25) is 0 Å². The van der Waals surface area contributed by atoms with Gasteiger partial charge in [0.1, 0.15) is 23.8 Å². The van der Waals surface area contributed by atoms with Crippen LogP contribution in [-0.4, -0.2) is 31.9 Å². The highest BCUT2D eigenvalue weighted by Crippen LogP contribution is 2.42. The summed E-state index contributed by atoms with van der Waals surface area (Å²) >= 11 is 0. The molecule has 3 heterocycles. The predicted molar refractivity (Wildman–Crippen MR) is 98.2 cm³/mol. The van der Waals surface area contributed by atoms with E-state index in [1.54, 1.807) is 12.1 Å². The molecule has 9 heteroatoms. The summed E-state index contributed by atoms with van der Waals surface area (Å²) in [5.41, 5.74) is 1.40. The molecular formula is C19H14F2N6O. The lowest BCUT2D eigenvalue weighted by molar-refractivity contribution is 0.585. The fourth-order valence-corrected chi connectivity index (χ4v) is 3.89. The molecule has 3 N–H and O–H groups in total. The standard InChI is InChI=1S/C19H14F2N6O/c20-10-3-1-9(2-4-10)13-7-22-14-6-11(21)5-12-15(14)17(25-27-19(12)28)16(13)18-23-8-24-26-18/h1-6,8,13,16,22H,7H2,(H,27,28)(H,23,24,26). The number of nitrogens with zero attached hydrogens (tertiary/aromatic N) is 3. The Morgan fingerprint density at radius 1 is 1.04 bits per heavy atom. The average molecular weight is 380 g/mol. The Bertz CT molecular complexity index is 1220. The largest absolute Gasteiger partial charge is 0.384 e. The number of aromatic amines is 2. The number of H-pyrrole nitrogens is 2. The Hall–Kier alpha value is -3.62. The van der Waals surface area contributed by atoms with Gasteiger partial charge < -0.3 is 5.32 Å². The Kier molecular flexibility index (Phi) is 3.68. The van der Waals surface area contributed by atoms with E-state index in [0.29, 0.717) is 29.1 Å². The van der Waals surface area contributed by atoms with Crippen LogP contribution in [0.4, 0.5) is 14.5 Å². The number of rotatable bonds is 2. The minimum atomic E-state index is -0.519. The van der Waals surface area contributed by atoms with Gasteiger partial charge in [-0.05, 0) is 29.8 Å². The summed E-state index contributed by atoms with van der Waals surface area (Å²) in [6.45, 7) is 0.403. The molecule has 0 saturated heterocycles. The summed E-state index contributed by atoms with van der Waals surface area (Å²) in [5.74, 6) is -0.933. The molecule has 2 aromatic heterocycles. The van der Waals surface area contributed by atoms with Crippen LogP contribution < -0.4 is 10.9 Å². The minimum absolute atomic E-state index is 0.205. The summed E-state index contributed by atoms with van der Waals surface area (Å²) < 4.78 is 27.6. The number of benzene rings is 2. The van der Waals surface area contributed by atoms with Crippen molar-refractivity contribution in [3.63, 3.8) is 0 Å². The molecular weight excluding hydrogens is 366 g/mol. The van der Waals surface area contributed by atoms with Gasteiger partial charge in [0.05, 0.1) is 17.0 Å². The van der Waals surface area contributed by atoms with Crippen LogP contribution in [0.3, 0.4) is 0 Å². The predicted octanol–water partition coefficient (Wildman–Crippen LogP) is 2.66. The van der Waals surface area contributed by atoms with Gasteiger partial charge in [0.25, 0.3) is 5.56 Å². The quantitative estimate of drug-likeness (QED) is 0.497. The van der Waals surface area contributed by atoms with Crippen LogP contribution in [0, 0.1) is 11.6 Å². The number of nitrogens with one attached hydrogen (secondary N) is 3. The molecule has 0 spiro atoms. The topological polar surface area (TPSA) is 99.3 Å². The fraction of sp³-hybridized carbons (Fsp3) is 0.158. The molecule has 0 aliphatic carbocycles. The van der Waals surface area contributed by atoms with Crippen molar-refractivity contribution in [3.8, 4) is 0 Å². The third kappa shape index (κ3) is 2.55. The summed E-state index contributed by atoms with van der Waals surface area (Å²) in [7, 11) is 0. The third-order valence-electron chi connectivity index (χ3n) is 5.12. The van der Waals surface area contributed by atoms with Crippen LogP contribution in [0.25, 0.3) is 10.8 Å². The van der Waals surface area contributed by atoms with E-state index < -0.39 is 17.3 Å². The van der Waals surface area contributed by atoms with Gasteiger partial charge in [-0.3, -0.25) is 9.89 Å². The van der Waals surface area contributed by atoms with E-state index in [2.05, 4.69) is 30.7 Å². The first-order valence-corrected chi connectivity index (χ1v) is 8.68. The van der Waals surface area contributed by atoms with Gasteiger partial charge in [-0.15, -0.1) is 0 Å². The van der Waals surface area contributed by atoms with Gasteiger partial charge >= 0.3 is 0 Å². The first-order chi connectivity index (χ1) is 13.6. The van der Waals surface area contributed by atoms with Gasteiger partial charge in [-0.2, -0.15) is 10.2 Å². The van der Waals surface area contributed by atoms with E-state index in [9.17, 15) is 13.6 Å². The lowest BCUT2D eigenvalue weighted by atomic mass is 9.82. The van der Waals surface area contributed by atoms with Gasteiger partial charge in [-0.1, -0.05) is 12.1 Å². The van der Waals surface area contributed by atoms with Crippen LogP contribution in [0.1, 0.15) is 28.9 Å². The molecule has 28 heavy (non-hydrogen) atoms. The molecule has 0 fully saturated rings. The Morgan fingerprint density at radius 3 is 2.61 bits per heavy atom. The van der Waals surface area contributed by atoms with E-state index in [0.717, 1.165) is 5.56 Å². The van der Waals surface area contributed by atoms with Crippen molar-refractivity contribution in [2.75, 3.05) is 11.9 Å². The lowest BCUT2D eigenvalue weighted by Crippen LogP contribution is -2.22. The average Bonchev–Trinajstić information content (AvgIpc) is 3.16. The van der Waals surface area contributed by atoms with Gasteiger partial charge in [0.15, 0.2) is 0 Å². The van der Waals surface area contributed by atoms with Crippen LogP contribution in [0.2, 0.25) is 0 Å². The molecule has 0 amide bonds. The zero-order valence-electron chi connectivity index (χ0n) is 14.4. The molecule has 1 aliphatic rings. The van der Waals surface area contributed by atoms with Crippen molar-refractivity contribution in [2.24, 2.45) is 0 Å². The van der Waals surface area contributed by atoms with E-state index in [1.807, 2.05) is 0 Å². The molecule has 2 atom stereocenters. The maximum absolute atomic E-state index is 14.1. The number of hydrogen-bond acceptors (Lipinski definition) is 5. The minimum Gasteiger partial charge on any atom is -0.384 e. The zero-order valence-corrected chi connectivity index (χ0v) is 14.4. The van der Waals surface area contributed by atoms with Crippen LogP contribution in [0.15, 0.2) is 47.5 Å². The van der Waals surface area contributed by atoms with E-state index in [1.165, 1.54) is 30.6 Å². The molecule has 0 bridgehead atoms. The van der Waals surface area contributed by atoms with Crippen molar-refractivity contribution in [1.82, 2.24) is 25.4 Å². The number of hydrogen-bond donors (Lipinski definition) is 3. The SMILES string of the molecule is O=c1[nH]nc2c3c(cc(F)cc13)NCC(c1ccc(F)cc1)C2c1ncn[nH]1. The highest BCUT2D eigenvalue weighted by Gasteiger charge is 2.35. The fourth-order valence-electron chi connectivity index (χ4n) is 3.89. The highest BCUT2D eigenvalue weighted by molar-refractivity contribution is 5.96. The van der Waals surface area contributed by atoms with Crippen molar-refractivity contribution >= 4 is 16.5 Å². The van der Waals surface area contributed by atoms with E-state index in [-0.39, 0.29) is 17.1 Å². The number of aromatic nitrogens is 5. The second-order valence-electron chi connectivity index (χ2n) is 6.70. The van der Waals surface area contributed by atoms with Crippen molar-refractivity contribution in [1.29, 1.82) is 0 Å². The molecule has 4 aromatic rings. The molecule has 5 rings (SSSR count). The zero-order chi connectivity index (χ0) is 19.3. The normalized spacial score (nSPS) is 18.6. The molecule has 0 radical (unpaired) electrons. The monoisotopic (exact) mass is 380 g/mol. The van der Waals surface area contributed by atoms with Crippen LogP contribution in [0.5, 0.6) is 0 Å². The van der Waals surface area contributed by atoms with Crippen molar-refractivity contribution < 1.29 is 8.78 Å². The van der Waals surface area contributed by atoms with Crippen LogP contribution in [-0.2, 0) is 0 Å². The van der Waals surface area contributed by atoms with Crippen molar-refractivity contribution in [3.05, 3.63) is 81.8 Å². The molecule has 140 valence electrons. The van der Waals surface area contributed by atoms with Gasteiger partial charge in [-0.25, -0.2) is 18.9 Å². The molecule has 2 aromatic carbocycles. The van der Waals surface area contributed by atoms with E-state index >= 15 is 0 Å². The maximum Gasteiger partial charge on any atom is 0.272 e. The highest BCUT2D eigenvalue weighted by atomic mass is 19.1. The number of anilines is 1. The molecule has 2 unspecified atom stereocenters. The molecule has 7 nitrogen and oxygen atoms in total. The summed E-state index contributed by atoms with van der Waals surface area (Å²) in [6, 6.07) is 8.72. The van der Waals surface area contributed by atoms with Crippen molar-refractivity contribution in [2.45, 2.75) is 11.8 Å². The van der Waals surface area contributed by atoms with E-state index in [4.69, 9.17) is 0 Å². The first-order valence-electron chi connectivity index (χ1n) is 8.68. The summed E-state index contributed by atoms with van der Waals surface area (Å²) in [6.07, 6.45) is 1.39.